The molecule has 2 heterocycles. The normalized spacial score (nSPS) is 14.6. The molecule has 1 fully saturated rings. The van der Waals surface area contributed by atoms with Crippen LogP contribution in [0.2, 0.25) is 0 Å². The number of benzene rings is 1. The summed E-state index contributed by atoms with van der Waals surface area (Å²) in [5, 5.41) is 2.88. The predicted molar refractivity (Wildman–Crippen MR) is 99.3 cm³/mol. The van der Waals surface area contributed by atoms with Gasteiger partial charge in [-0.15, -0.1) is 0 Å². The van der Waals surface area contributed by atoms with E-state index >= 15 is 0 Å². The Morgan fingerprint density at radius 2 is 1.78 bits per heavy atom. The largest absolute Gasteiger partial charge is 0.464 e. The number of nitrogens with zero attached hydrogens (tertiary/aromatic N) is 2. The van der Waals surface area contributed by atoms with E-state index in [-0.39, 0.29) is 17.3 Å². The van der Waals surface area contributed by atoms with E-state index < -0.39 is 5.97 Å². The van der Waals surface area contributed by atoms with Crippen molar-refractivity contribution in [2.45, 2.75) is 13.1 Å². The van der Waals surface area contributed by atoms with Crippen molar-refractivity contribution in [1.82, 2.24) is 15.2 Å². The Bertz CT molecular complexity index is 803. The Morgan fingerprint density at radius 3 is 2.52 bits per heavy atom. The number of carbonyl (C=O) groups is 2. The molecule has 27 heavy (non-hydrogen) atoms. The fourth-order valence-electron chi connectivity index (χ4n) is 2.93. The van der Waals surface area contributed by atoms with Gasteiger partial charge in [-0.25, -0.2) is 9.78 Å². The van der Waals surface area contributed by atoms with Crippen LogP contribution in [0.3, 0.4) is 0 Å². The molecular formula is C20H23N3O4. The van der Waals surface area contributed by atoms with Gasteiger partial charge in [0, 0.05) is 26.2 Å². The molecule has 3 rings (SSSR count). The third-order valence-electron chi connectivity index (χ3n) is 4.43. The maximum atomic E-state index is 12.4. The summed E-state index contributed by atoms with van der Waals surface area (Å²) in [6, 6.07) is 12.7. The van der Waals surface area contributed by atoms with Gasteiger partial charge < -0.3 is 14.8 Å². The molecule has 1 saturated heterocycles. The van der Waals surface area contributed by atoms with Gasteiger partial charge in [0.25, 0.3) is 5.91 Å². The minimum Gasteiger partial charge on any atom is -0.464 e. The average molecular weight is 369 g/mol. The fourth-order valence-corrected chi connectivity index (χ4v) is 2.93. The predicted octanol–water partition coefficient (Wildman–Crippen LogP) is 1.63. The highest BCUT2D eigenvalue weighted by Crippen LogP contribution is 2.13. The zero-order valence-electron chi connectivity index (χ0n) is 15.3. The van der Waals surface area contributed by atoms with Gasteiger partial charge in [0.2, 0.25) is 0 Å². The second kappa shape index (κ2) is 9.25. The smallest absolute Gasteiger partial charge is 0.356 e. The second-order valence-corrected chi connectivity index (χ2v) is 6.24. The van der Waals surface area contributed by atoms with E-state index in [0.717, 1.165) is 38.4 Å². The summed E-state index contributed by atoms with van der Waals surface area (Å²) >= 11 is 0. The quantitative estimate of drug-likeness (QED) is 0.780. The summed E-state index contributed by atoms with van der Waals surface area (Å²) in [4.78, 5) is 30.4. The van der Waals surface area contributed by atoms with Crippen LogP contribution in [0.15, 0.2) is 42.5 Å². The zero-order valence-corrected chi connectivity index (χ0v) is 15.3. The van der Waals surface area contributed by atoms with Gasteiger partial charge in [0.1, 0.15) is 11.4 Å². The third kappa shape index (κ3) is 5.12. The summed E-state index contributed by atoms with van der Waals surface area (Å²) in [5.74, 6) is -0.901. The second-order valence-electron chi connectivity index (χ2n) is 6.24. The van der Waals surface area contributed by atoms with E-state index in [2.05, 4.69) is 26.0 Å². The van der Waals surface area contributed by atoms with Gasteiger partial charge in [0.15, 0.2) is 0 Å². The number of esters is 1. The number of rotatable bonds is 6. The van der Waals surface area contributed by atoms with Crippen LogP contribution >= 0.6 is 0 Å². The van der Waals surface area contributed by atoms with E-state index in [1.807, 2.05) is 18.2 Å². The van der Waals surface area contributed by atoms with Crippen LogP contribution in [0.25, 0.3) is 0 Å². The molecule has 142 valence electrons. The van der Waals surface area contributed by atoms with Crippen molar-refractivity contribution < 1.29 is 19.1 Å². The molecule has 1 aliphatic heterocycles. The van der Waals surface area contributed by atoms with Crippen LogP contribution in [0.5, 0.6) is 0 Å². The van der Waals surface area contributed by atoms with Crippen LogP contribution < -0.4 is 5.32 Å². The molecule has 1 aliphatic rings. The van der Waals surface area contributed by atoms with Gasteiger partial charge in [0.05, 0.1) is 20.3 Å². The van der Waals surface area contributed by atoms with Crippen molar-refractivity contribution in [3.8, 4) is 0 Å². The van der Waals surface area contributed by atoms with Gasteiger partial charge in [-0.3, -0.25) is 9.69 Å². The zero-order chi connectivity index (χ0) is 19.1. The molecule has 0 spiro atoms. The first kappa shape index (κ1) is 19.0. The molecule has 1 aromatic heterocycles. The summed E-state index contributed by atoms with van der Waals surface area (Å²) in [6.07, 6.45) is 0. The van der Waals surface area contributed by atoms with Crippen LogP contribution in [-0.4, -0.2) is 55.2 Å². The molecule has 0 bridgehead atoms. The fraction of sp³-hybridized carbons (Fsp3) is 0.350. The maximum absolute atomic E-state index is 12.4. The van der Waals surface area contributed by atoms with E-state index in [4.69, 9.17) is 4.74 Å². The molecule has 0 radical (unpaired) electrons. The van der Waals surface area contributed by atoms with Crippen LogP contribution in [0, 0.1) is 0 Å². The third-order valence-corrected chi connectivity index (χ3v) is 4.43. The molecule has 1 N–H and O–H groups in total. The number of aromatic nitrogens is 1. The minimum absolute atomic E-state index is 0.109. The lowest BCUT2D eigenvalue weighted by molar-refractivity contribution is 0.0340. The molecule has 1 amide bonds. The monoisotopic (exact) mass is 369 g/mol. The van der Waals surface area contributed by atoms with Crippen molar-refractivity contribution in [2.24, 2.45) is 0 Å². The number of ether oxygens (including phenoxy) is 2. The van der Waals surface area contributed by atoms with Gasteiger partial charge in [-0.1, -0.05) is 30.3 Å². The van der Waals surface area contributed by atoms with E-state index in [9.17, 15) is 9.59 Å². The molecule has 0 saturated carbocycles. The lowest BCUT2D eigenvalue weighted by atomic mass is 10.1. The number of hydrogen-bond donors (Lipinski definition) is 1. The Labute approximate surface area is 158 Å². The first-order valence-electron chi connectivity index (χ1n) is 8.88. The number of carbonyl (C=O) groups excluding carboxylic acids is 2. The Balaban J connectivity index is 1.64. The van der Waals surface area contributed by atoms with Crippen molar-refractivity contribution >= 4 is 11.9 Å². The number of pyridine rings is 1. The number of amides is 1. The number of methoxy groups -OCH3 is 1. The molecule has 1 aromatic carbocycles. The van der Waals surface area contributed by atoms with Gasteiger partial charge >= 0.3 is 5.97 Å². The average Bonchev–Trinajstić information content (AvgIpc) is 2.73. The topological polar surface area (TPSA) is 80.8 Å². The van der Waals surface area contributed by atoms with E-state index in [1.54, 1.807) is 12.1 Å². The van der Waals surface area contributed by atoms with Crippen molar-refractivity contribution in [3.63, 3.8) is 0 Å². The van der Waals surface area contributed by atoms with Crippen molar-refractivity contribution in [1.29, 1.82) is 0 Å². The number of morpholine rings is 1. The highest BCUT2D eigenvalue weighted by molar-refractivity contribution is 5.94. The summed E-state index contributed by atoms with van der Waals surface area (Å²) in [6.45, 7) is 4.53. The molecule has 2 aromatic rings. The lowest BCUT2D eigenvalue weighted by Gasteiger charge is -2.27. The standard InChI is InChI=1S/C20H23N3O4/c1-26-20(25)18-8-4-7-17(22-18)19(24)21-13-15-5-2-3-6-16(15)14-23-9-11-27-12-10-23/h2-8H,9-14H2,1H3,(H,21,24). The van der Waals surface area contributed by atoms with E-state index in [0.29, 0.717) is 6.54 Å². The van der Waals surface area contributed by atoms with Gasteiger partial charge in [-0.05, 0) is 23.3 Å². The Kier molecular flexibility index (Phi) is 6.51. The first-order chi connectivity index (χ1) is 13.2. The minimum atomic E-state index is -0.569. The summed E-state index contributed by atoms with van der Waals surface area (Å²) in [7, 11) is 1.28. The number of hydrogen-bond acceptors (Lipinski definition) is 6. The van der Waals surface area contributed by atoms with Crippen LogP contribution in [-0.2, 0) is 22.6 Å². The Morgan fingerprint density at radius 1 is 1.07 bits per heavy atom. The molecule has 0 atom stereocenters. The molecular weight excluding hydrogens is 346 g/mol. The summed E-state index contributed by atoms with van der Waals surface area (Å²) in [5.41, 5.74) is 2.53. The SMILES string of the molecule is COC(=O)c1cccc(C(=O)NCc2ccccc2CN2CCOCC2)n1. The Hall–Kier alpha value is -2.77. The van der Waals surface area contributed by atoms with Gasteiger partial charge in [-0.2, -0.15) is 0 Å². The first-order valence-corrected chi connectivity index (χ1v) is 8.88. The maximum Gasteiger partial charge on any atom is 0.356 e. The molecule has 0 unspecified atom stereocenters. The highest BCUT2D eigenvalue weighted by atomic mass is 16.5. The number of nitrogens with one attached hydrogen (secondary N) is 1. The molecule has 7 heteroatoms. The highest BCUT2D eigenvalue weighted by Gasteiger charge is 2.15. The lowest BCUT2D eigenvalue weighted by Crippen LogP contribution is -2.36. The molecule has 0 aliphatic carbocycles. The van der Waals surface area contributed by atoms with Crippen molar-refractivity contribution in [3.05, 3.63) is 65.0 Å². The van der Waals surface area contributed by atoms with E-state index in [1.165, 1.54) is 18.7 Å². The van der Waals surface area contributed by atoms with Crippen molar-refractivity contribution in [2.75, 3.05) is 33.4 Å². The van der Waals surface area contributed by atoms with Crippen LogP contribution in [0.1, 0.15) is 32.1 Å². The summed E-state index contributed by atoms with van der Waals surface area (Å²) < 4.78 is 10.0. The van der Waals surface area contributed by atoms with Crippen LogP contribution in [0.4, 0.5) is 0 Å². The molecule has 7 nitrogen and oxygen atoms in total.